The van der Waals surface area contributed by atoms with Crippen molar-refractivity contribution in [1.29, 1.82) is 0 Å². The van der Waals surface area contributed by atoms with Crippen molar-refractivity contribution in [2.45, 2.75) is 0 Å². The van der Waals surface area contributed by atoms with E-state index in [-0.39, 0.29) is 0 Å². The molecule has 2 heterocycles. The van der Waals surface area contributed by atoms with Crippen LogP contribution in [0.3, 0.4) is 0 Å². The van der Waals surface area contributed by atoms with Crippen LogP contribution in [0.4, 0.5) is 17.1 Å². The van der Waals surface area contributed by atoms with Gasteiger partial charge >= 0.3 is 0 Å². The molecule has 0 fully saturated rings. The maximum Gasteiger partial charge on any atom is 0.161 e. The lowest BCUT2D eigenvalue weighted by atomic mass is 9.97. The van der Waals surface area contributed by atoms with E-state index >= 15 is 0 Å². The van der Waals surface area contributed by atoms with Crippen molar-refractivity contribution in [2.75, 3.05) is 4.90 Å². The fourth-order valence-corrected chi connectivity index (χ4v) is 7.38. The second kappa shape index (κ2) is 11.5. The molecule has 50 heavy (non-hydrogen) atoms. The summed E-state index contributed by atoms with van der Waals surface area (Å²) in [6.07, 6.45) is 1.82. The molecule has 8 aromatic carbocycles. The van der Waals surface area contributed by atoms with Gasteiger partial charge in [-0.2, -0.15) is 0 Å². The van der Waals surface area contributed by atoms with Gasteiger partial charge < -0.3 is 9.32 Å². The number of rotatable bonds is 5. The van der Waals surface area contributed by atoms with Crippen LogP contribution in [0.1, 0.15) is 0 Å². The molecule has 0 bridgehead atoms. The normalized spacial score (nSPS) is 11.6. The number of nitrogens with zero attached hydrogens (tertiary/aromatic N) is 2. The lowest BCUT2D eigenvalue weighted by molar-refractivity contribution is 0.671. The Hall–Kier alpha value is -6.71. The Kier molecular flexibility index (Phi) is 6.49. The molecule has 0 saturated heterocycles. The minimum atomic E-state index is 0.821. The van der Waals surface area contributed by atoms with Crippen molar-refractivity contribution in [3.63, 3.8) is 0 Å². The van der Waals surface area contributed by atoms with Crippen molar-refractivity contribution in [3.05, 3.63) is 182 Å². The number of aromatic nitrogens is 1. The second-order valence-electron chi connectivity index (χ2n) is 12.8. The molecule has 2 aromatic heterocycles. The summed E-state index contributed by atoms with van der Waals surface area (Å²) in [5.41, 5.74) is 10.5. The van der Waals surface area contributed by atoms with Crippen LogP contribution < -0.4 is 4.90 Å². The van der Waals surface area contributed by atoms with Crippen LogP contribution >= 0.6 is 0 Å². The number of hydrogen-bond donors (Lipinski definition) is 0. The molecule has 0 radical (unpaired) electrons. The molecule has 0 aliphatic rings. The number of furan rings is 1. The van der Waals surface area contributed by atoms with Gasteiger partial charge in [-0.15, -0.1) is 0 Å². The van der Waals surface area contributed by atoms with Crippen molar-refractivity contribution < 1.29 is 4.42 Å². The molecule has 10 rings (SSSR count). The second-order valence-corrected chi connectivity index (χ2v) is 12.8. The quantitative estimate of drug-likeness (QED) is 0.176. The van der Waals surface area contributed by atoms with Crippen LogP contribution in [-0.4, -0.2) is 4.98 Å². The first-order valence-corrected chi connectivity index (χ1v) is 16.9. The van der Waals surface area contributed by atoms with Crippen molar-refractivity contribution in [3.8, 4) is 22.3 Å². The zero-order valence-corrected chi connectivity index (χ0v) is 27.1. The average Bonchev–Trinajstić information content (AvgIpc) is 3.57. The largest absolute Gasteiger partial charge is 0.454 e. The van der Waals surface area contributed by atoms with E-state index in [1.165, 1.54) is 43.8 Å². The van der Waals surface area contributed by atoms with E-state index in [1.54, 1.807) is 0 Å². The Bertz CT molecular complexity index is 2850. The average molecular weight is 639 g/mol. The monoisotopic (exact) mass is 638 g/mol. The molecule has 0 spiro atoms. The van der Waals surface area contributed by atoms with E-state index in [0.29, 0.717) is 0 Å². The van der Waals surface area contributed by atoms with E-state index in [0.717, 1.165) is 49.9 Å². The minimum Gasteiger partial charge on any atom is -0.454 e. The maximum absolute atomic E-state index is 6.41. The van der Waals surface area contributed by atoms with Gasteiger partial charge in [0.05, 0.1) is 0 Å². The maximum atomic E-state index is 6.41. The summed E-state index contributed by atoms with van der Waals surface area (Å²) in [6, 6.07) is 62.8. The number of hydrogen-bond acceptors (Lipinski definition) is 3. The highest BCUT2D eigenvalue weighted by Gasteiger charge is 2.17. The Balaban J connectivity index is 1.08. The van der Waals surface area contributed by atoms with Gasteiger partial charge in [-0.05, 0) is 104 Å². The summed E-state index contributed by atoms with van der Waals surface area (Å²) in [4.78, 5) is 6.97. The number of pyridine rings is 1. The van der Waals surface area contributed by atoms with Crippen LogP contribution in [0.5, 0.6) is 0 Å². The first kappa shape index (κ1) is 28.3. The zero-order valence-electron chi connectivity index (χ0n) is 27.1. The molecule has 0 aliphatic carbocycles. The molecular weight excluding hydrogens is 609 g/mol. The number of anilines is 3. The number of benzene rings is 8. The number of fused-ring (bicyclic) bond motifs is 8. The summed E-state index contributed by atoms with van der Waals surface area (Å²) in [6.45, 7) is 0. The van der Waals surface area contributed by atoms with E-state index in [9.17, 15) is 0 Å². The smallest absolute Gasteiger partial charge is 0.161 e. The molecule has 3 nitrogen and oxygen atoms in total. The van der Waals surface area contributed by atoms with Gasteiger partial charge in [0.1, 0.15) is 11.1 Å². The van der Waals surface area contributed by atoms with Crippen LogP contribution in [0.15, 0.2) is 187 Å². The van der Waals surface area contributed by atoms with Gasteiger partial charge in [0, 0.05) is 39.4 Å². The molecule has 234 valence electrons. The van der Waals surface area contributed by atoms with Gasteiger partial charge in [-0.3, -0.25) is 4.98 Å². The van der Waals surface area contributed by atoms with E-state index < -0.39 is 0 Å². The predicted molar refractivity (Wildman–Crippen MR) is 210 cm³/mol. The summed E-state index contributed by atoms with van der Waals surface area (Å²) < 4.78 is 6.41. The van der Waals surface area contributed by atoms with Gasteiger partial charge in [-0.25, -0.2) is 0 Å². The van der Waals surface area contributed by atoms with Crippen molar-refractivity contribution in [2.24, 2.45) is 0 Å². The molecule has 0 aliphatic heterocycles. The van der Waals surface area contributed by atoms with E-state index in [2.05, 4.69) is 180 Å². The highest BCUT2D eigenvalue weighted by atomic mass is 16.3. The summed E-state index contributed by atoms with van der Waals surface area (Å²) in [7, 11) is 0. The summed E-state index contributed by atoms with van der Waals surface area (Å²) >= 11 is 0. The van der Waals surface area contributed by atoms with E-state index in [1.807, 2.05) is 12.3 Å². The first-order chi connectivity index (χ1) is 24.8. The highest BCUT2D eigenvalue weighted by molar-refractivity contribution is 6.14. The Morgan fingerprint density at radius 2 is 0.980 bits per heavy atom. The third kappa shape index (κ3) is 4.71. The molecule has 0 atom stereocenters. The standard InChI is InChI=1S/C47H30N2O/c1-2-7-31(8-3-1)32-14-20-38(21-15-32)49(40-24-27-45-44(30-40)43-26-18-35-10-6-28-48-46(35)47(43)50-45)39-22-16-33(17-23-39)36-19-25-42-37(29-36)13-12-34-9-4-5-11-41(34)42/h1-30H. The fourth-order valence-electron chi connectivity index (χ4n) is 7.38. The van der Waals surface area contributed by atoms with Crippen molar-refractivity contribution in [1.82, 2.24) is 4.98 Å². The SMILES string of the molecule is c1ccc(-c2ccc(N(c3ccc(-c4ccc5c(ccc6ccccc65)c4)cc3)c3ccc4oc5c(ccc6cccnc65)c4c3)cc2)cc1. The third-order valence-corrected chi connectivity index (χ3v) is 9.89. The zero-order chi connectivity index (χ0) is 33.0. The lowest BCUT2D eigenvalue weighted by Crippen LogP contribution is -2.09. The Labute approximate surface area is 289 Å². The molecule has 10 aromatic rings. The Morgan fingerprint density at radius 1 is 0.380 bits per heavy atom. The Morgan fingerprint density at radius 3 is 1.80 bits per heavy atom. The van der Waals surface area contributed by atoms with E-state index in [4.69, 9.17) is 4.42 Å². The van der Waals surface area contributed by atoms with Crippen LogP contribution in [0.25, 0.3) is 76.6 Å². The van der Waals surface area contributed by atoms with Crippen LogP contribution in [-0.2, 0) is 0 Å². The first-order valence-electron chi connectivity index (χ1n) is 16.9. The predicted octanol–water partition coefficient (Wildman–Crippen LogP) is 13.2. The summed E-state index contributed by atoms with van der Waals surface area (Å²) in [5, 5.41) is 8.27. The topological polar surface area (TPSA) is 29.3 Å². The summed E-state index contributed by atoms with van der Waals surface area (Å²) in [5.74, 6) is 0. The van der Waals surface area contributed by atoms with Gasteiger partial charge in [0.2, 0.25) is 0 Å². The van der Waals surface area contributed by atoms with Crippen molar-refractivity contribution >= 4 is 71.4 Å². The molecule has 0 N–H and O–H groups in total. The van der Waals surface area contributed by atoms with Gasteiger partial charge in [0.25, 0.3) is 0 Å². The third-order valence-electron chi connectivity index (χ3n) is 9.89. The fraction of sp³-hybridized carbons (Fsp3) is 0. The lowest BCUT2D eigenvalue weighted by Gasteiger charge is -2.26. The van der Waals surface area contributed by atoms with Gasteiger partial charge in [0.15, 0.2) is 5.58 Å². The molecular formula is C47H30N2O. The molecule has 0 amide bonds. The van der Waals surface area contributed by atoms with Crippen LogP contribution in [0, 0.1) is 0 Å². The van der Waals surface area contributed by atoms with Gasteiger partial charge in [-0.1, -0.05) is 115 Å². The molecule has 0 saturated carbocycles. The highest BCUT2D eigenvalue weighted by Crippen LogP contribution is 2.41. The molecule has 0 unspecified atom stereocenters. The molecule has 3 heteroatoms. The minimum absolute atomic E-state index is 0.821. The van der Waals surface area contributed by atoms with Crippen LogP contribution in [0.2, 0.25) is 0 Å².